The lowest BCUT2D eigenvalue weighted by atomic mass is 10.2. The number of benzene rings is 2. The van der Waals surface area contributed by atoms with Gasteiger partial charge in [0.25, 0.3) is 0 Å². The van der Waals surface area contributed by atoms with E-state index < -0.39 is 6.10 Å². The molecule has 0 fully saturated rings. The molecule has 0 aliphatic carbocycles. The third kappa shape index (κ3) is 6.79. The molecule has 0 amide bonds. The Balaban J connectivity index is 0.00000264. The monoisotopic (exact) mass is 401 g/mol. The first-order chi connectivity index (χ1) is 10.7. The fourth-order valence-corrected chi connectivity index (χ4v) is 2.38. The minimum Gasteiger partial charge on any atom is -0.491 e. The zero-order valence-electron chi connectivity index (χ0n) is 12.6. The average molecular weight is 403 g/mol. The van der Waals surface area contributed by atoms with E-state index in [0.29, 0.717) is 13.1 Å². The number of nitrogens with zero attached hydrogens (tertiary/aromatic N) is 1. The van der Waals surface area contributed by atoms with Gasteiger partial charge in [0.1, 0.15) is 18.5 Å². The summed E-state index contributed by atoms with van der Waals surface area (Å²) in [5.74, 6) is 0.718. The predicted octanol–water partition coefficient (Wildman–Crippen LogP) is 3.11. The Labute approximate surface area is 151 Å². The summed E-state index contributed by atoms with van der Waals surface area (Å²) in [4.78, 5) is 1.94. The van der Waals surface area contributed by atoms with E-state index in [1.54, 1.807) is 0 Å². The third-order valence-electron chi connectivity index (χ3n) is 3.18. The van der Waals surface area contributed by atoms with Crippen molar-refractivity contribution in [3.8, 4) is 5.75 Å². The number of para-hydroxylation sites is 1. The summed E-state index contributed by atoms with van der Waals surface area (Å²) < 4.78 is 6.56. The molecule has 2 rings (SSSR count). The summed E-state index contributed by atoms with van der Waals surface area (Å²) in [7, 11) is 0. The van der Waals surface area contributed by atoms with Crippen LogP contribution in [0.4, 0.5) is 5.69 Å². The van der Waals surface area contributed by atoms with Gasteiger partial charge in [0.15, 0.2) is 0 Å². The summed E-state index contributed by atoms with van der Waals surface area (Å²) in [6.07, 6.45) is -0.643. The van der Waals surface area contributed by atoms with Crippen molar-refractivity contribution in [3.63, 3.8) is 0 Å². The Hall–Kier alpha value is -1.27. The van der Waals surface area contributed by atoms with E-state index in [2.05, 4.69) is 15.9 Å². The van der Waals surface area contributed by atoms with Crippen molar-refractivity contribution in [1.82, 2.24) is 0 Å². The summed E-state index contributed by atoms with van der Waals surface area (Å²) in [6.45, 7) is 1.12. The van der Waals surface area contributed by atoms with Crippen molar-refractivity contribution in [2.45, 2.75) is 6.10 Å². The quantitative estimate of drug-likeness (QED) is 0.712. The zero-order valence-corrected chi connectivity index (χ0v) is 15.0. The van der Waals surface area contributed by atoms with Crippen molar-refractivity contribution < 1.29 is 14.9 Å². The molecule has 0 bridgehead atoms. The maximum Gasteiger partial charge on any atom is 0.119 e. The Bertz CT molecular complexity index is 554. The molecule has 0 heterocycles. The van der Waals surface area contributed by atoms with E-state index in [1.807, 2.05) is 59.5 Å². The van der Waals surface area contributed by atoms with Crippen LogP contribution in [0.5, 0.6) is 5.75 Å². The molecule has 0 aromatic heterocycles. The van der Waals surface area contributed by atoms with Crippen LogP contribution in [0, 0.1) is 0 Å². The normalized spacial score (nSPS) is 11.4. The van der Waals surface area contributed by atoms with Crippen molar-refractivity contribution >= 4 is 34.0 Å². The summed E-state index contributed by atoms with van der Waals surface area (Å²) in [5.41, 5.74) is 0.972. The topological polar surface area (TPSA) is 52.9 Å². The van der Waals surface area contributed by atoms with Crippen LogP contribution in [0.25, 0.3) is 0 Å². The zero-order chi connectivity index (χ0) is 15.8. The van der Waals surface area contributed by atoms with Crippen LogP contribution in [-0.2, 0) is 0 Å². The first-order valence-corrected chi connectivity index (χ1v) is 7.95. The van der Waals surface area contributed by atoms with Gasteiger partial charge in [-0.3, -0.25) is 0 Å². The molecule has 6 heteroatoms. The second-order valence-corrected chi connectivity index (χ2v) is 5.84. The Kier molecular flexibility index (Phi) is 9.02. The van der Waals surface area contributed by atoms with E-state index in [9.17, 15) is 10.2 Å². The maximum absolute atomic E-state index is 10.2. The average Bonchev–Trinajstić information content (AvgIpc) is 2.55. The van der Waals surface area contributed by atoms with Crippen LogP contribution in [0.1, 0.15) is 0 Å². The number of aliphatic hydroxyl groups is 2. The number of ether oxygens (including phenoxy) is 1. The van der Waals surface area contributed by atoms with Gasteiger partial charge < -0.3 is 19.8 Å². The van der Waals surface area contributed by atoms with E-state index in [-0.39, 0.29) is 25.6 Å². The molecule has 0 radical (unpaired) electrons. The lowest BCUT2D eigenvalue weighted by Crippen LogP contribution is -2.37. The van der Waals surface area contributed by atoms with Crippen LogP contribution < -0.4 is 9.64 Å². The van der Waals surface area contributed by atoms with Crippen LogP contribution in [-0.4, -0.2) is 42.6 Å². The van der Waals surface area contributed by atoms with E-state index in [0.717, 1.165) is 15.9 Å². The highest BCUT2D eigenvalue weighted by Crippen LogP contribution is 2.17. The molecule has 126 valence electrons. The summed E-state index contributed by atoms with van der Waals surface area (Å²) in [5, 5.41) is 19.4. The van der Waals surface area contributed by atoms with Gasteiger partial charge in [0.2, 0.25) is 0 Å². The van der Waals surface area contributed by atoms with Crippen LogP contribution in [0.2, 0.25) is 0 Å². The van der Waals surface area contributed by atoms with Gasteiger partial charge in [-0.25, -0.2) is 0 Å². The molecule has 2 aromatic rings. The van der Waals surface area contributed by atoms with Crippen LogP contribution in [0.3, 0.4) is 0 Å². The minimum absolute atomic E-state index is 0. The number of halogens is 2. The molecule has 0 aliphatic heterocycles. The highest BCUT2D eigenvalue weighted by Gasteiger charge is 2.13. The predicted molar refractivity (Wildman–Crippen MR) is 98.6 cm³/mol. The summed E-state index contributed by atoms with van der Waals surface area (Å²) in [6, 6.07) is 17.2. The first-order valence-electron chi connectivity index (χ1n) is 7.16. The Morgan fingerprint density at radius 2 is 1.70 bits per heavy atom. The number of aliphatic hydroxyl groups excluding tert-OH is 2. The molecular formula is C17H21BrClNO3. The van der Waals surface area contributed by atoms with E-state index in [1.165, 1.54) is 0 Å². The van der Waals surface area contributed by atoms with E-state index >= 15 is 0 Å². The molecule has 4 nitrogen and oxygen atoms in total. The molecule has 1 unspecified atom stereocenters. The van der Waals surface area contributed by atoms with E-state index in [4.69, 9.17) is 4.74 Å². The van der Waals surface area contributed by atoms with Gasteiger partial charge in [-0.2, -0.15) is 0 Å². The van der Waals surface area contributed by atoms with Crippen molar-refractivity contribution in [1.29, 1.82) is 0 Å². The number of rotatable bonds is 8. The van der Waals surface area contributed by atoms with Crippen molar-refractivity contribution in [2.24, 2.45) is 0 Å². The highest BCUT2D eigenvalue weighted by molar-refractivity contribution is 9.10. The largest absolute Gasteiger partial charge is 0.491 e. The molecule has 1 atom stereocenters. The van der Waals surface area contributed by atoms with Crippen molar-refractivity contribution in [3.05, 3.63) is 59.1 Å². The molecule has 23 heavy (non-hydrogen) atoms. The number of hydrogen-bond acceptors (Lipinski definition) is 4. The van der Waals surface area contributed by atoms with Crippen molar-refractivity contribution in [2.75, 3.05) is 31.2 Å². The number of hydrogen-bond donors (Lipinski definition) is 2. The van der Waals surface area contributed by atoms with Gasteiger partial charge in [0.05, 0.1) is 6.61 Å². The van der Waals surface area contributed by atoms with Gasteiger partial charge >= 0.3 is 0 Å². The smallest absolute Gasteiger partial charge is 0.119 e. The fraction of sp³-hybridized carbons (Fsp3) is 0.294. The second kappa shape index (κ2) is 10.5. The van der Waals surface area contributed by atoms with Crippen LogP contribution >= 0.6 is 28.3 Å². The van der Waals surface area contributed by atoms with Crippen LogP contribution in [0.15, 0.2) is 59.1 Å². The first kappa shape index (κ1) is 19.8. The summed E-state index contributed by atoms with van der Waals surface area (Å²) >= 11 is 3.37. The molecule has 2 N–H and O–H groups in total. The molecule has 2 aromatic carbocycles. The molecule has 0 aliphatic rings. The van der Waals surface area contributed by atoms with Gasteiger partial charge in [0, 0.05) is 23.2 Å². The lowest BCUT2D eigenvalue weighted by Gasteiger charge is -2.26. The lowest BCUT2D eigenvalue weighted by molar-refractivity contribution is 0.111. The minimum atomic E-state index is -0.643. The third-order valence-corrected chi connectivity index (χ3v) is 3.71. The fourth-order valence-electron chi connectivity index (χ4n) is 2.12. The standard InChI is InChI=1S/C17H20BrNO3.ClH/c18-14-6-8-17(9-7-14)22-13-16(21)12-19(10-11-20)15-4-2-1-3-5-15;/h1-9,16,20-21H,10-13H2;1H. The Morgan fingerprint density at radius 1 is 1.04 bits per heavy atom. The number of anilines is 1. The molecule has 0 saturated carbocycles. The van der Waals surface area contributed by atoms with Gasteiger partial charge in [-0.05, 0) is 36.4 Å². The second-order valence-electron chi connectivity index (χ2n) is 4.92. The molecular weight excluding hydrogens is 382 g/mol. The van der Waals surface area contributed by atoms with Gasteiger partial charge in [-0.1, -0.05) is 34.1 Å². The molecule has 0 saturated heterocycles. The highest BCUT2D eigenvalue weighted by atomic mass is 79.9. The van der Waals surface area contributed by atoms with Gasteiger partial charge in [-0.15, -0.1) is 12.4 Å². The maximum atomic E-state index is 10.2. The Morgan fingerprint density at radius 3 is 2.30 bits per heavy atom. The molecule has 0 spiro atoms. The SMILES string of the molecule is Cl.OCCN(CC(O)COc1ccc(Br)cc1)c1ccccc1.